The first-order valence-electron chi connectivity index (χ1n) is 8.19. The van der Waals surface area contributed by atoms with E-state index in [2.05, 4.69) is 20.5 Å². The summed E-state index contributed by atoms with van der Waals surface area (Å²) >= 11 is 0. The molecule has 1 saturated carbocycles. The van der Waals surface area contributed by atoms with Crippen LogP contribution in [0.1, 0.15) is 38.5 Å². The number of nitrogens with one attached hydrogen (secondary N) is 2. The smallest absolute Gasteiger partial charge is 0.258 e. The second kappa shape index (κ2) is 7.76. The van der Waals surface area contributed by atoms with E-state index < -0.39 is 0 Å². The van der Waals surface area contributed by atoms with Crippen molar-refractivity contribution in [2.45, 2.75) is 44.6 Å². The number of benzene rings is 1. The highest BCUT2D eigenvalue weighted by atomic mass is 16.5. The molecule has 1 aromatic carbocycles. The van der Waals surface area contributed by atoms with Crippen molar-refractivity contribution in [2.24, 2.45) is 0 Å². The lowest BCUT2D eigenvalue weighted by atomic mass is 10.1. The lowest BCUT2D eigenvalue weighted by molar-refractivity contribution is -0.123. The van der Waals surface area contributed by atoms with Crippen molar-refractivity contribution < 1.29 is 9.53 Å². The Bertz CT molecular complexity index is 619. The van der Waals surface area contributed by atoms with Crippen LogP contribution in [0.25, 0.3) is 11.4 Å². The number of hydrogen-bond donors (Lipinski definition) is 2. The van der Waals surface area contributed by atoms with Gasteiger partial charge in [0.2, 0.25) is 0 Å². The number of nitrogens with zero attached hydrogens (tertiary/aromatic N) is 2. The van der Waals surface area contributed by atoms with Crippen LogP contribution in [0.5, 0.6) is 5.75 Å². The van der Waals surface area contributed by atoms with Crippen LogP contribution in [0.4, 0.5) is 0 Å². The van der Waals surface area contributed by atoms with Crippen LogP contribution in [0.15, 0.2) is 30.6 Å². The second-order valence-corrected chi connectivity index (χ2v) is 5.91. The summed E-state index contributed by atoms with van der Waals surface area (Å²) in [5.74, 6) is 1.27. The van der Waals surface area contributed by atoms with Gasteiger partial charge in [-0.3, -0.25) is 9.89 Å². The Hall–Kier alpha value is -2.37. The van der Waals surface area contributed by atoms with Gasteiger partial charge >= 0.3 is 0 Å². The Balaban J connectivity index is 1.51. The Kier molecular flexibility index (Phi) is 5.24. The first-order chi connectivity index (χ1) is 11.3. The molecule has 2 N–H and O–H groups in total. The van der Waals surface area contributed by atoms with Gasteiger partial charge in [-0.05, 0) is 25.0 Å². The van der Waals surface area contributed by atoms with Gasteiger partial charge in [0.05, 0.1) is 0 Å². The average molecular weight is 314 g/mol. The van der Waals surface area contributed by atoms with E-state index in [1.54, 1.807) is 0 Å². The fourth-order valence-corrected chi connectivity index (χ4v) is 2.92. The van der Waals surface area contributed by atoms with Gasteiger partial charge in [0.1, 0.15) is 12.1 Å². The van der Waals surface area contributed by atoms with E-state index in [0.29, 0.717) is 17.6 Å². The summed E-state index contributed by atoms with van der Waals surface area (Å²) in [6, 6.07) is 7.77. The summed E-state index contributed by atoms with van der Waals surface area (Å²) in [6.45, 7) is 0.0381. The third-order valence-corrected chi connectivity index (χ3v) is 4.11. The van der Waals surface area contributed by atoms with Gasteiger partial charge in [0, 0.05) is 11.6 Å². The molecule has 0 atom stereocenters. The summed E-state index contributed by atoms with van der Waals surface area (Å²) < 4.78 is 5.61. The molecule has 1 aliphatic carbocycles. The SMILES string of the molecule is O=C(COc1cccc(-c2ncn[nH]2)c1)NC1CCCCCC1. The molecule has 6 heteroatoms. The van der Waals surface area contributed by atoms with E-state index in [0.717, 1.165) is 18.4 Å². The van der Waals surface area contributed by atoms with Crippen molar-refractivity contribution in [3.05, 3.63) is 30.6 Å². The number of aromatic amines is 1. The first kappa shape index (κ1) is 15.5. The number of aromatic nitrogens is 3. The third kappa shape index (κ3) is 4.55. The number of amides is 1. The quantitative estimate of drug-likeness (QED) is 0.832. The van der Waals surface area contributed by atoms with E-state index in [9.17, 15) is 4.79 Å². The van der Waals surface area contributed by atoms with Gasteiger partial charge in [0.15, 0.2) is 12.4 Å². The van der Waals surface area contributed by atoms with Crippen LogP contribution >= 0.6 is 0 Å². The van der Waals surface area contributed by atoms with E-state index in [-0.39, 0.29) is 12.5 Å². The largest absolute Gasteiger partial charge is 0.484 e. The van der Waals surface area contributed by atoms with Gasteiger partial charge in [-0.15, -0.1) is 0 Å². The molecule has 6 nitrogen and oxygen atoms in total. The normalized spacial score (nSPS) is 15.8. The highest BCUT2D eigenvalue weighted by molar-refractivity contribution is 5.77. The third-order valence-electron chi connectivity index (χ3n) is 4.11. The Labute approximate surface area is 135 Å². The van der Waals surface area contributed by atoms with Crippen molar-refractivity contribution >= 4 is 5.91 Å². The van der Waals surface area contributed by atoms with Gasteiger partial charge in [-0.1, -0.05) is 37.8 Å². The summed E-state index contributed by atoms with van der Waals surface area (Å²) in [7, 11) is 0. The van der Waals surface area contributed by atoms with Crippen molar-refractivity contribution in [2.75, 3.05) is 6.61 Å². The molecule has 122 valence electrons. The number of rotatable bonds is 5. The van der Waals surface area contributed by atoms with E-state index in [4.69, 9.17) is 4.74 Å². The Morgan fingerprint density at radius 1 is 1.26 bits per heavy atom. The Morgan fingerprint density at radius 3 is 2.83 bits per heavy atom. The maximum Gasteiger partial charge on any atom is 0.258 e. The lowest BCUT2D eigenvalue weighted by Gasteiger charge is -2.16. The number of hydrogen-bond acceptors (Lipinski definition) is 4. The van der Waals surface area contributed by atoms with Gasteiger partial charge < -0.3 is 10.1 Å². The van der Waals surface area contributed by atoms with Crippen LogP contribution in [0.2, 0.25) is 0 Å². The number of carbonyl (C=O) groups is 1. The monoisotopic (exact) mass is 314 g/mol. The van der Waals surface area contributed by atoms with Gasteiger partial charge in [-0.25, -0.2) is 4.98 Å². The number of H-pyrrole nitrogens is 1. The summed E-state index contributed by atoms with van der Waals surface area (Å²) in [4.78, 5) is 16.2. The fraction of sp³-hybridized carbons (Fsp3) is 0.471. The molecule has 0 saturated heterocycles. The van der Waals surface area contributed by atoms with Gasteiger partial charge in [0.25, 0.3) is 5.91 Å². The average Bonchev–Trinajstić information content (AvgIpc) is 2.99. The van der Waals surface area contributed by atoms with E-state index in [1.165, 1.54) is 32.0 Å². The molecule has 1 amide bonds. The predicted molar refractivity (Wildman–Crippen MR) is 86.9 cm³/mol. The summed E-state index contributed by atoms with van der Waals surface area (Å²) in [5, 5.41) is 9.72. The first-order valence-corrected chi connectivity index (χ1v) is 8.19. The molecule has 0 unspecified atom stereocenters. The maximum atomic E-state index is 12.0. The predicted octanol–water partition coefficient (Wildman–Crippen LogP) is 2.69. The molecule has 1 heterocycles. The minimum Gasteiger partial charge on any atom is -0.484 e. The standard InChI is InChI=1S/C17H22N4O2/c22-16(20-14-7-3-1-2-4-8-14)11-23-15-9-5-6-13(10-15)17-18-12-19-21-17/h5-6,9-10,12,14H,1-4,7-8,11H2,(H,20,22)(H,18,19,21). The topological polar surface area (TPSA) is 79.9 Å². The van der Waals surface area contributed by atoms with Crippen molar-refractivity contribution in [1.82, 2.24) is 20.5 Å². The van der Waals surface area contributed by atoms with E-state index >= 15 is 0 Å². The molecule has 1 aromatic heterocycles. The summed E-state index contributed by atoms with van der Waals surface area (Å²) in [6.07, 6.45) is 8.56. The van der Waals surface area contributed by atoms with Crippen molar-refractivity contribution in [3.63, 3.8) is 0 Å². The molecule has 1 fully saturated rings. The Morgan fingerprint density at radius 2 is 2.09 bits per heavy atom. The zero-order valence-electron chi connectivity index (χ0n) is 13.1. The van der Waals surface area contributed by atoms with Gasteiger partial charge in [-0.2, -0.15) is 5.10 Å². The molecule has 0 radical (unpaired) electrons. The highest BCUT2D eigenvalue weighted by Crippen LogP contribution is 2.20. The van der Waals surface area contributed by atoms with Crippen LogP contribution in [0, 0.1) is 0 Å². The molecule has 3 rings (SSSR count). The molecule has 0 aliphatic heterocycles. The number of carbonyl (C=O) groups excluding carboxylic acids is 1. The molecule has 1 aliphatic rings. The maximum absolute atomic E-state index is 12.0. The highest BCUT2D eigenvalue weighted by Gasteiger charge is 2.15. The van der Waals surface area contributed by atoms with Crippen molar-refractivity contribution in [1.29, 1.82) is 0 Å². The molecule has 23 heavy (non-hydrogen) atoms. The molecular weight excluding hydrogens is 292 g/mol. The fourth-order valence-electron chi connectivity index (χ4n) is 2.92. The van der Waals surface area contributed by atoms with Crippen molar-refractivity contribution in [3.8, 4) is 17.1 Å². The second-order valence-electron chi connectivity index (χ2n) is 5.91. The van der Waals surface area contributed by atoms with Crippen LogP contribution in [-0.2, 0) is 4.79 Å². The lowest BCUT2D eigenvalue weighted by Crippen LogP contribution is -2.37. The molecule has 2 aromatic rings. The summed E-state index contributed by atoms with van der Waals surface area (Å²) in [5.41, 5.74) is 0.879. The zero-order chi connectivity index (χ0) is 15.9. The number of ether oxygens (including phenoxy) is 1. The van der Waals surface area contributed by atoms with Crippen LogP contribution in [-0.4, -0.2) is 33.7 Å². The minimum absolute atomic E-state index is 0.0381. The molecular formula is C17H22N4O2. The zero-order valence-corrected chi connectivity index (χ0v) is 13.1. The minimum atomic E-state index is -0.0537. The van der Waals surface area contributed by atoms with Crippen LogP contribution < -0.4 is 10.1 Å². The molecule has 0 spiro atoms. The van der Waals surface area contributed by atoms with Crippen LogP contribution in [0.3, 0.4) is 0 Å². The van der Waals surface area contributed by atoms with E-state index in [1.807, 2.05) is 24.3 Å². The molecule has 0 bridgehead atoms.